The van der Waals surface area contributed by atoms with E-state index in [4.69, 9.17) is 5.26 Å². The molecule has 0 aromatic carbocycles. The molecule has 1 aliphatic heterocycles. The summed E-state index contributed by atoms with van der Waals surface area (Å²) in [5.41, 5.74) is 0.702. The smallest absolute Gasteiger partial charge is 0.182 e. The van der Waals surface area contributed by atoms with Crippen LogP contribution in [-0.2, 0) is 4.79 Å². The monoisotopic (exact) mass is 216 g/mol. The molecule has 0 amide bonds. The van der Waals surface area contributed by atoms with Gasteiger partial charge in [0.2, 0.25) is 0 Å². The molecule has 0 aromatic rings. The Kier molecular flexibility index (Phi) is 2.28. The average molecular weight is 216 g/mol. The zero-order valence-corrected chi connectivity index (χ0v) is 9.92. The van der Waals surface area contributed by atoms with Gasteiger partial charge in [0.1, 0.15) is 6.07 Å². The zero-order chi connectivity index (χ0) is 12.0. The minimum atomic E-state index is -0.545. The molecule has 1 atom stereocenters. The van der Waals surface area contributed by atoms with Gasteiger partial charge in [-0.05, 0) is 19.4 Å². The number of ketones is 1. The predicted octanol–water partition coefficient (Wildman–Crippen LogP) is 1.58. The summed E-state index contributed by atoms with van der Waals surface area (Å²) < 4.78 is 0. The molecular weight excluding hydrogens is 200 g/mol. The van der Waals surface area contributed by atoms with Crippen molar-refractivity contribution in [2.24, 2.45) is 10.8 Å². The second-order valence-electron chi connectivity index (χ2n) is 5.29. The molecule has 2 rings (SSSR count). The van der Waals surface area contributed by atoms with E-state index >= 15 is 0 Å². The van der Waals surface area contributed by atoms with Crippen molar-refractivity contribution < 1.29 is 4.79 Å². The molecule has 3 nitrogen and oxygen atoms in total. The quantitative estimate of drug-likeness (QED) is 0.625. The third-order valence-corrected chi connectivity index (χ3v) is 3.63. The predicted molar refractivity (Wildman–Crippen MR) is 61.5 cm³/mol. The van der Waals surface area contributed by atoms with Gasteiger partial charge in [-0.3, -0.25) is 4.79 Å². The fourth-order valence-electron chi connectivity index (χ4n) is 2.86. The number of carbonyl (C=O) groups excluding carboxylic acids is 1. The molecule has 0 radical (unpaired) electrons. The Hall–Kier alpha value is -1.40. The Morgan fingerprint density at radius 3 is 2.75 bits per heavy atom. The van der Waals surface area contributed by atoms with Crippen LogP contribution < -0.4 is 5.32 Å². The molecule has 0 bridgehead atoms. The van der Waals surface area contributed by atoms with Crippen LogP contribution in [0.3, 0.4) is 0 Å². The molecule has 0 saturated carbocycles. The van der Waals surface area contributed by atoms with Gasteiger partial charge in [-0.25, -0.2) is 0 Å². The molecule has 16 heavy (non-hydrogen) atoms. The van der Waals surface area contributed by atoms with Crippen LogP contribution >= 0.6 is 0 Å². The second kappa shape index (κ2) is 3.29. The molecule has 3 heteroatoms. The van der Waals surface area contributed by atoms with Crippen LogP contribution in [0.25, 0.3) is 0 Å². The molecule has 1 aliphatic carbocycles. The number of nitriles is 1. The number of carbonyl (C=O) groups is 1. The van der Waals surface area contributed by atoms with Crippen LogP contribution in [0.15, 0.2) is 23.3 Å². The van der Waals surface area contributed by atoms with Crippen molar-refractivity contribution in [3.63, 3.8) is 0 Å². The van der Waals surface area contributed by atoms with Gasteiger partial charge in [-0.1, -0.05) is 19.1 Å². The highest BCUT2D eigenvalue weighted by Gasteiger charge is 2.47. The highest BCUT2D eigenvalue weighted by Crippen LogP contribution is 2.47. The minimum Gasteiger partial charge on any atom is -0.312 e. The fourth-order valence-corrected chi connectivity index (χ4v) is 2.86. The first-order valence-corrected chi connectivity index (χ1v) is 5.51. The molecule has 1 heterocycles. The Balaban J connectivity index is 2.64. The fraction of sp³-hybridized carbons (Fsp3) is 0.538. The van der Waals surface area contributed by atoms with Gasteiger partial charge in [0.15, 0.2) is 5.78 Å². The molecule has 2 aliphatic rings. The summed E-state index contributed by atoms with van der Waals surface area (Å²) in [5.74, 6) is -0.0550. The summed E-state index contributed by atoms with van der Waals surface area (Å²) in [6, 6.07) is 2.02. The third kappa shape index (κ3) is 1.34. The number of fused-ring (bicyclic) bond motifs is 1. The molecule has 1 N–H and O–H groups in total. The second-order valence-corrected chi connectivity index (χ2v) is 5.29. The summed E-state index contributed by atoms with van der Waals surface area (Å²) >= 11 is 0. The van der Waals surface area contributed by atoms with Crippen LogP contribution in [-0.4, -0.2) is 18.9 Å². The largest absolute Gasteiger partial charge is 0.312 e. The summed E-state index contributed by atoms with van der Waals surface area (Å²) in [7, 11) is 0. The van der Waals surface area contributed by atoms with Gasteiger partial charge in [0.25, 0.3) is 0 Å². The van der Waals surface area contributed by atoms with E-state index in [9.17, 15) is 4.79 Å². The first kappa shape index (κ1) is 11.1. The number of rotatable bonds is 0. The zero-order valence-electron chi connectivity index (χ0n) is 9.92. The van der Waals surface area contributed by atoms with E-state index in [1.807, 2.05) is 26.0 Å². The van der Waals surface area contributed by atoms with Crippen molar-refractivity contribution in [1.29, 1.82) is 5.26 Å². The lowest BCUT2D eigenvalue weighted by Crippen LogP contribution is -2.47. The van der Waals surface area contributed by atoms with Crippen molar-refractivity contribution in [3.05, 3.63) is 23.3 Å². The molecule has 0 spiro atoms. The van der Waals surface area contributed by atoms with Crippen molar-refractivity contribution >= 4 is 5.78 Å². The van der Waals surface area contributed by atoms with E-state index in [1.165, 1.54) is 0 Å². The summed E-state index contributed by atoms with van der Waals surface area (Å²) in [6.07, 6.45) is 3.91. The van der Waals surface area contributed by atoms with Crippen molar-refractivity contribution in [1.82, 2.24) is 5.32 Å². The first-order valence-electron chi connectivity index (χ1n) is 5.51. The van der Waals surface area contributed by atoms with Gasteiger partial charge in [0, 0.05) is 18.5 Å². The lowest BCUT2D eigenvalue weighted by Gasteiger charge is -2.44. The number of hydrogen-bond donors (Lipinski definition) is 1. The number of allylic oxidation sites excluding steroid dienone is 1. The molecule has 0 fully saturated rings. The molecule has 0 unspecified atom stereocenters. The van der Waals surface area contributed by atoms with Gasteiger partial charge in [0.05, 0.1) is 11.0 Å². The number of nitrogens with zero attached hydrogens (tertiary/aromatic N) is 1. The van der Waals surface area contributed by atoms with Crippen LogP contribution in [0.5, 0.6) is 0 Å². The number of nitrogens with one attached hydrogen (secondary N) is 1. The molecule has 0 aromatic heterocycles. The van der Waals surface area contributed by atoms with E-state index < -0.39 is 5.41 Å². The highest BCUT2D eigenvalue weighted by atomic mass is 16.1. The van der Waals surface area contributed by atoms with Gasteiger partial charge in [-0.15, -0.1) is 0 Å². The number of Topliss-reactive ketones (excluding diaryl/α,β-unsaturated/α-hetero) is 1. The maximum Gasteiger partial charge on any atom is 0.182 e. The molecule has 84 valence electrons. The average Bonchev–Trinajstić information content (AvgIpc) is 2.24. The van der Waals surface area contributed by atoms with Crippen LogP contribution in [0.2, 0.25) is 0 Å². The molecule has 0 saturated heterocycles. The Morgan fingerprint density at radius 1 is 1.44 bits per heavy atom. The highest BCUT2D eigenvalue weighted by molar-refractivity contribution is 6.06. The first-order chi connectivity index (χ1) is 7.42. The van der Waals surface area contributed by atoms with Crippen molar-refractivity contribution in [2.45, 2.75) is 20.8 Å². The number of hydrogen-bond acceptors (Lipinski definition) is 3. The van der Waals surface area contributed by atoms with Crippen LogP contribution in [0.1, 0.15) is 20.8 Å². The minimum absolute atomic E-state index is 0.0550. The van der Waals surface area contributed by atoms with Gasteiger partial charge in [-0.2, -0.15) is 5.26 Å². The summed E-state index contributed by atoms with van der Waals surface area (Å²) in [4.78, 5) is 12.1. The Labute approximate surface area is 95.8 Å². The van der Waals surface area contributed by atoms with E-state index in [-0.39, 0.29) is 11.2 Å². The van der Waals surface area contributed by atoms with E-state index in [0.29, 0.717) is 5.57 Å². The topological polar surface area (TPSA) is 52.9 Å². The maximum atomic E-state index is 12.1. The van der Waals surface area contributed by atoms with Crippen LogP contribution in [0.4, 0.5) is 0 Å². The standard InChI is InChI=1S/C13H16N2O/c1-12(2)10-4-5-15-8-13(10,3)6-9(7-14)11(12)16/h4,6,15H,5,8H2,1-3H3/t13-/m0/s1. The SMILES string of the molecule is CC1(C)C(=O)C(C#N)=C[C@@]2(C)CNCC=C12. The summed E-state index contributed by atoms with van der Waals surface area (Å²) in [5, 5.41) is 12.3. The van der Waals surface area contributed by atoms with Crippen molar-refractivity contribution in [3.8, 4) is 6.07 Å². The van der Waals surface area contributed by atoms with Crippen LogP contribution in [0, 0.1) is 22.2 Å². The van der Waals surface area contributed by atoms with Crippen molar-refractivity contribution in [2.75, 3.05) is 13.1 Å². The third-order valence-electron chi connectivity index (χ3n) is 3.63. The van der Waals surface area contributed by atoms with Gasteiger partial charge >= 0.3 is 0 Å². The van der Waals surface area contributed by atoms with Gasteiger partial charge < -0.3 is 5.32 Å². The summed E-state index contributed by atoms with van der Waals surface area (Å²) in [6.45, 7) is 7.50. The Morgan fingerprint density at radius 2 is 2.12 bits per heavy atom. The van der Waals surface area contributed by atoms with E-state index in [2.05, 4.69) is 18.3 Å². The maximum absolute atomic E-state index is 12.1. The van der Waals surface area contributed by atoms with E-state index in [1.54, 1.807) is 0 Å². The lowest BCUT2D eigenvalue weighted by atomic mass is 9.60. The lowest BCUT2D eigenvalue weighted by molar-refractivity contribution is -0.122. The normalized spacial score (nSPS) is 32.2. The van der Waals surface area contributed by atoms with E-state index in [0.717, 1.165) is 18.7 Å². The Bertz CT molecular complexity index is 451. The molecular formula is C13H16N2O.